The van der Waals surface area contributed by atoms with E-state index < -0.39 is 0 Å². The highest BCUT2D eigenvalue weighted by Gasteiger charge is 2.13. The summed E-state index contributed by atoms with van der Waals surface area (Å²) in [5.74, 6) is 2.57. The van der Waals surface area contributed by atoms with Gasteiger partial charge in [0.25, 0.3) is 0 Å². The molecule has 7 heteroatoms. The average Bonchev–Trinajstić information content (AvgIpc) is 3.41. The van der Waals surface area contributed by atoms with Crippen LogP contribution in [0.2, 0.25) is 0 Å². The lowest BCUT2D eigenvalue weighted by molar-refractivity contribution is 0.581. The van der Waals surface area contributed by atoms with Crippen molar-refractivity contribution in [3.05, 3.63) is 71.2 Å². The van der Waals surface area contributed by atoms with E-state index in [-0.39, 0.29) is 0 Å². The molecule has 4 rings (SSSR count). The fraction of sp³-hybridized carbons (Fsp3) is 0.211. The summed E-state index contributed by atoms with van der Waals surface area (Å²) in [5, 5.41) is 12.7. The second kappa shape index (κ2) is 7.88. The molecular formula is C19H18N4OS2. The Bertz CT molecular complexity index is 961. The minimum Gasteiger partial charge on any atom is -0.462 e. The molecule has 3 aromatic heterocycles. The van der Waals surface area contributed by atoms with Crippen molar-refractivity contribution < 1.29 is 4.42 Å². The Morgan fingerprint density at radius 3 is 2.77 bits per heavy atom. The second-order valence-corrected chi connectivity index (χ2v) is 7.52. The molecule has 0 fully saturated rings. The second-order valence-electron chi connectivity index (χ2n) is 5.72. The molecule has 3 heterocycles. The fourth-order valence-electron chi connectivity index (χ4n) is 2.68. The van der Waals surface area contributed by atoms with Crippen molar-refractivity contribution >= 4 is 23.1 Å². The summed E-state index contributed by atoms with van der Waals surface area (Å²) in [6, 6.07) is 14.2. The monoisotopic (exact) mass is 382 g/mol. The van der Waals surface area contributed by atoms with Gasteiger partial charge >= 0.3 is 0 Å². The number of hydrogen-bond acceptors (Lipinski definition) is 6. The lowest BCUT2D eigenvalue weighted by atomic mass is 10.1. The Morgan fingerprint density at radius 2 is 2.00 bits per heavy atom. The van der Waals surface area contributed by atoms with E-state index in [1.54, 1.807) is 29.4 Å². The van der Waals surface area contributed by atoms with Gasteiger partial charge in [0.15, 0.2) is 15.9 Å². The summed E-state index contributed by atoms with van der Waals surface area (Å²) in [6.07, 6.45) is 2.46. The van der Waals surface area contributed by atoms with Crippen molar-refractivity contribution in [3.8, 4) is 10.8 Å². The van der Waals surface area contributed by atoms with E-state index in [0.29, 0.717) is 0 Å². The molecule has 0 saturated heterocycles. The Kier molecular flexibility index (Phi) is 5.17. The summed E-state index contributed by atoms with van der Waals surface area (Å²) in [7, 11) is 0. The van der Waals surface area contributed by atoms with Gasteiger partial charge < -0.3 is 8.98 Å². The van der Waals surface area contributed by atoms with Gasteiger partial charge in [0, 0.05) is 24.1 Å². The van der Waals surface area contributed by atoms with Crippen molar-refractivity contribution in [3.63, 3.8) is 0 Å². The van der Waals surface area contributed by atoms with Crippen LogP contribution in [0.3, 0.4) is 0 Å². The van der Waals surface area contributed by atoms with E-state index in [2.05, 4.69) is 56.3 Å². The Labute approximate surface area is 160 Å². The van der Waals surface area contributed by atoms with Gasteiger partial charge in [0.1, 0.15) is 5.82 Å². The molecule has 0 unspecified atom stereocenters. The Hall–Kier alpha value is -2.38. The predicted octanol–water partition coefficient (Wildman–Crippen LogP) is 4.90. The number of benzene rings is 1. The largest absolute Gasteiger partial charge is 0.462 e. The van der Waals surface area contributed by atoms with E-state index >= 15 is 0 Å². The molecule has 0 aliphatic carbocycles. The predicted molar refractivity (Wildman–Crippen MR) is 104 cm³/mol. The van der Waals surface area contributed by atoms with Crippen LogP contribution in [0.1, 0.15) is 24.0 Å². The van der Waals surface area contributed by atoms with Crippen LogP contribution in [0, 0.1) is 0 Å². The summed E-state index contributed by atoms with van der Waals surface area (Å²) in [6.45, 7) is 2.98. The number of aromatic nitrogens is 4. The zero-order valence-electron chi connectivity index (χ0n) is 14.3. The third-order valence-corrected chi connectivity index (χ3v) is 5.85. The quantitative estimate of drug-likeness (QED) is 0.426. The molecule has 0 aliphatic heterocycles. The molecule has 0 saturated carbocycles. The van der Waals surface area contributed by atoms with Crippen LogP contribution in [0.15, 0.2) is 63.7 Å². The first-order chi connectivity index (χ1) is 12.8. The standard InChI is InChI=1S/C19H18N4OS2/c1-2-23-17(11-14-7-4-3-5-8-14)21-22-19(23)26-13-15-12-25-18(20-15)16-9-6-10-24-16/h3-10,12H,2,11,13H2,1H3. The van der Waals surface area contributed by atoms with E-state index in [0.717, 1.165) is 46.2 Å². The maximum Gasteiger partial charge on any atom is 0.191 e. The summed E-state index contributed by atoms with van der Waals surface area (Å²) < 4.78 is 7.58. The zero-order chi connectivity index (χ0) is 17.8. The van der Waals surface area contributed by atoms with Gasteiger partial charge in [0.2, 0.25) is 0 Å². The van der Waals surface area contributed by atoms with E-state index in [4.69, 9.17) is 4.42 Å². The molecule has 0 amide bonds. The smallest absolute Gasteiger partial charge is 0.191 e. The third kappa shape index (κ3) is 3.73. The maximum atomic E-state index is 5.41. The molecular weight excluding hydrogens is 364 g/mol. The molecule has 5 nitrogen and oxygen atoms in total. The number of thioether (sulfide) groups is 1. The number of thiazole rings is 1. The molecule has 0 atom stereocenters. The summed E-state index contributed by atoms with van der Waals surface area (Å²) in [5.41, 5.74) is 2.27. The Morgan fingerprint density at radius 1 is 1.12 bits per heavy atom. The zero-order valence-corrected chi connectivity index (χ0v) is 16.0. The topological polar surface area (TPSA) is 56.7 Å². The first kappa shape index (κ1) is 17.1. The first-order valence-corrected chi connectivity index (χ1v) is 10.3. The normalized spacial score (nSPS) is 11.1. The van der Waals surface area contributed by atoms with Gasteiger partial charge in [-0.25, -0.2) is 4.98 Å². The third-order valence-electron chi connectivity index (χ3n) is 3.95. The SMILES string of the molecule is CCn1c(Cc2ccccc2)nnc1SCc1csc(-c2ccco2)n1. The van der Waals surface area contributed by atoms with Crippen molar-refractivity contribution in [1.82, 2.24) is 19.7 Å². The molecule has 0 bridgehead atoms. The molecule has 0 aliphatic rings. The molecule has 0 N–H and O–H groups in total. The van der Waals surface area contributed by atoms with Gasteiger partial charge in [-0.15, -0.1) is 21.5 Å². The van der Waals surface area contributed by atoms with Crippen molar-refractivity contribution in [2.24, 2.45) is 0 Å². The van der Waals surface area contributed by atoms with Gasteiger partial charge in [-0.2, -0.15) is 0 Å². The number of rotatable bonds is 7. The minimum atomic E-state index is 0.765. The minimum absolute atomic E-state index is 0.765. The summed E-state index contributed by atoms with van der Waals surface area (Å²) in [4.78, 5) is 4.64. The molecule has 132 valence electrons. The van der Waals surface area contributed by atoms with Crippen LogP contribution in [0.5, 0.6) is 0 Å². The van der Waals surface area contributed by atoms with Gasteiger partial charge in [-0.05, 0) is 24.6 Å². The Balaban J connectivity index is 1.45. The number of hydrogen-bond donors (Lipinski definition) is 0. The average molecular weight is 383 g/mol. The molecule has 0 spiro atoms. The molecule has 26 heavy (non-hydrogen) atoms. The first-order valence-electron chi connectivity index (χ1n) is 8.40. The van der Waals surface area contributed by atoms with Gasteiger partial charge in [-0.3, -0.25) is 0 Å². The molecule has 4 aromatic rings. The fourth-order valence-corrected chi connectivity index (χ4v) is 4.48. The van der Waals surface area contributed by atoms with Crippen molar-refractivity contribution in [2.75, 3.05) is 0 Å². The number of nitrogens with zero attached hydrogens (tertiary/aromatic N) is 4. The molecule has 1 aromatic carbocycles. The van der Waals surface area contributed by atoms with E-state index in [1.165, 1.54) is 5.56 Å². The highest BCUT2D eigenvalue weighted by Crippen LogP contribution is 2.28. The molecule has 0 radical (unpaired) electrons. The van der Waals surface area contributed by atoms with Crippen molar-refractivity contribution in [1.29, 1.82) is 0 Å². The lowest BCUT2D eigenvalue weighted by Gasteiger charge is -2.06. The van der Waals surface area contributed by atoms with Crippen LogP contribution in [0.25, 0.3) is 10.8 Å². The van der Waals surface area contributed by atoms with Crippen LogP contribution in [-0.4, -0.2) is 19.7 Å². The number of furan rings is 1. The van der Waals surface area contributed by atoms with E-state index in [1.807, 2.05) is 18.2 Å². The van der Waals surface area contributed by atoms with Crippen LogP contribution in [0.4, 0.5) is 0 Å². The highest BCUT2D eigenvalue weighted by atomic mass is 32.2. The van der Waals surface area contributed by atoms with Crippen LogP contribution >= 0.6 is 23.1 Å². The van der Waals surface area contributed by atoms with Crippen molar-refractivity contribution in [2.45, 2.75) is 30.8 Å². The van der Waals surface area contributed by atoms with Crippen LogP contribution in [-0.2, 0) is 18.7 Å². The van der Waals surface area contributed by atoms with Gasteiger partial charge in [-0.1, -0.05) is 42.1 Å². The van der Waals surface area contributed by atoms with Crippen LogP contribution < -0.4 is 0 Å². The van der Waals surface area contributed by atoms with E-state index in [9.17, 15) is 0 Å². The maximum absolute atomic E-state index is 5.41. The lowest BCUT2D eigenvalue weighted by Crippen LogP contribution is -2.04. The summed E-state index contributed by atoms with van der Waals surface area (Å²) >= 11 is 3.27. The highest BCUT2D eigenvalue weighted by molar-refractivity contribution is 7.98. The van der Waals surface area contributed by atoms with Gasteiger partial charge in [0.05, 0.1) is 12.0 Å².